The standard InChI is InChI=1S/C20H24N2O3S/c1-22(15-5-8-16-6-3-2-4-7-16)20(23)17-9-13-19(14-10-17)26(24,25)21-18-11-12-18/h2-4,6-7,9-10,13-14,18,21H,5,8,11-12,15H2,1H3. The van der Waals surface area contributed by atoms with Crippen LogP contribution < -0.4 is 4.72 Å². The fourth-order valence-corrected chi connectivity index (χ4v) is 4.06. The second-order valence-corrected chi connectivity index (χ2v) is 8.45. The third-order valence-electron chi connectivity index (χ3n) is 4.46. The summed E-state index contributed by atoms with van der Waals surface area (Å²) in [6.45, 7) is 0.650. The number of hydrogen-bond acceptors (Lipinski definition) is 3. The van der Waals surface area contributed by atoms with Crippen molar-refractivity contribution >= 4 is 15.9 Å². The Morgan fingerprint density at radius 1 is 1.08 bits per heavy atom. The maximum atomic E-state index is 12.5. The molecule has 1 amide bonds. The molecule has 26 heavy (non-hydrogen) atoms. The van der Waals surface area contributed by atoms with Crippen LogP contribution in [0.2, 0.25) is 0 Å². The number of sulfonamides is 1. The molecule has 0 atom stereocenters. The topological polar surface area (TPSA) is 66.5 Å². The van der Waals surface area contributed by atoms with Gasteiger partial charge in [-0.25, -0.2) is 13.1 Å². The number of hydrogen-bond donors (Lipinski definition) is 1. The van der Waals surface area contributed by atoms with Crippen molar-refractivity contribution < 1.29 is 13.2 Å². The van der Waals surface area contributed by atoms with E-state index in [1.54, 1.807) is 24.1 Å². The van der Waals surface area contributed by atoms with Gasteiger partial charge in [0.15, 0.2) is 0 Å². The van der Waals surface area contributed by atoms with E-state index in [9.17, 15) is 13.2 Å². The second kappa shape index (κ2) is 8.01. The number of amides is 1. The van der Waals surface area contributed by atoms with Crippen molar-refractivity contribution in [2.75, 3.05) is 13.6 Å². The van der Waals surface area contributed by atoms with Gasteiger partial charge in [-0.2, -0.15) is 0 Å². The van der Waals surface area contributed by atoms with Crippen molar-refractivity contribution in [3.63, 3.8) is 0 Å². The molecule has 3 rings (SSSR count). The molecule has 6 heteroatoms. The summed E-state index contributed by atoms with van der Waals surface area (Å²) in [5, 5.41) is 0. The summed E-state index contributed by atoms with van der Waals surface area (Å²) in [6.07, 6.45) is 3.58. The lowest BCUT2D eigenvalue weighted by molar-refractivity contribution is 0.0793. The van der Waals surface area contributed by atoms with Gasteiger partial charge in [-0.15, -0.1) is 0 Å². The lowest BCUT2D eigenvalue weighted by atomic mass is 10.1. The van der Waals surface area contributed by atoms with Crippen molar-refractivity contribution in [3.05, 3.63) is 65.7 Å². The smallest absolute Gasteiger partial charge is 0.253 e. The van der Waals surface area contributed by atoms with Crippen molar-refractivity contribution in [3.8, 4) is 0 Å². The van der Waals surface area contributed by atoms with Crippen LogP contribution in [-0.4, -0.2) is 38.9 Å². The molecule has 1 fully saturated rings. The number of rotatable bonds is 8. The minimum absolute atomic E-state index is 0.0667. The maximum absolute atomic E-state index is 12.5. The van der Waals surface area contributed by atoms with Crippen LogP contribution in [0.1, 0.15) is 35.2 Å². The molecule has 1 N–H and O–H groups in total. The number of carbonyl (C=O) groups excluding carboxylic acids is 1. The van der Waals surface area contributed by atoms with Crippen LogP contribution in [-0.2, 0) is 16.4 Å². The summed E-state index contributed by atoms with van der Waals surface area (Å²) < 4.78 is 27.0. The van der Waals surface area contributed by atoms with Crippen LogP contribution in [0.15, 0.2) is 59.5 Å². The van der Waals surface area contributed by atoms with Gasteiger partial charge in [0.1, 0.15) is 0 Å². The average Bonchev–Trinajstić information content (AvgIpc) is 3.45. The molecule has 0 aromatic heterocycles. The van der Waals surface area contributed by atoms with Crippen LogP contribution in [0.3, 0.4) is 0 Å². The highest BCUT2D eigenvalue weighted by atomic mass is 32.2. The average molecular weight is 372 g/mol. The first-order valence-corrected chi connectivity index (χ1v) is 10.4. The molecule has 2 aromatic carbocycles. The summed E-state index contributed by atoms with van der Waals surface area (Å²) in [6, 6.07) is 16.4. The molecule has 0 aliphatic heterocycles. The molecule has 0 spiro atoms. The Hall–Kier alpha value is -2.18. The zero-order valence-corrected chi connectivity index (χ0v) is 15.7. The van der Waals surface area contributed by atoms with Gasteiger partial charge in [-0.1, -0.05) is 30.3 Å². The minimum Gasteiger partial charge on any atom is -0.342 e. The second-order valence-electron chi connectivity index (χ2n) is 6.74. The zero-order valence-electron chi connectivity index (χ0n) is 14.9. The van der Waals surface area contributed by atoms with Crippen LogP contribution >= 0.6 is 0 Å². The Balaban J connectivity index is 1.55. The van der Waals surface area contributed by atoms with Gasteiger partial charge < -0.3 is 4.90 Å². The summed E-state index contributed by atoms with van der Waals surface area (Å²) in [5.41, 5.74) is 1.75. The van der Waals surface area contributed by atoms with E-state index in [4.69, 9.17) is 0 Å². The van der Waals surface area contributed by atoms with Crippen molar-refractivity contribution in [1.29, 1.82) is 0 Å². The third-order valence-corrected chi connectivity index (χ3v) is 6.00. The Labute approximate surface area is 155 Å². The van der Waals surface area contributed by atoms with Crippen molar-refractivity contribution in [2.24, 2.45) is 0 Å². The lowest BCUT2D eigenvalue weighted by Crippen LogP contribution is -2.28. The van der Waals surface area contributed by atoms with Gasteiger partial charge in [0.2, 0.25) is 10.0 Å². The van der Waals surface area contributed by atoms with Gasteiger partial charge in [0, 0.05) is 25.2 Å². The molecular weight excluding hydrogens is 348 g/mol. The van der Waals surface area contributed by atoms with Gasteiger partial charge in [-0.05, 0) is 55.5 Å². The zero-order chi connectivity index (χ0) is 18.6. The fourth-order valence-electron chi connectivity index (χ4n) is 2.75. The van der Waals surface area contributed by atoms with Crippen LogP contribution in [0, 0.1) is 0 Å². The normalized spacial score (nSPS) is 14.2. The SMILES string of the molecule is CN(CCCc1ccccc1)C(=O)c1ccc(S(=O)(=O)NC2CC2)cc1. The summed E-state index contributed by atoms with van der Waals surface area (Å²) in [4.78, 5) is 14.4. The minimum atomic E-state index is -3.48. The summed E-state index contributed by atoms with van der Waals surface area (Å²) in [5.74, 6) is -0.0999. The first-order valence-electron chi connectivity index (χ1n) is 8.87. The van der Waals surface area contributed by atoms with E-state index in [1.807, 2.05) is 18.2 Å². The van der Waals surface area contributed by atoms with Gasteiger partial charge >= 0.3 is 0 Å². The summed E-state index contributed by atoms with van der Waals surface area (Å²) >= 11 is 0. The molecule has 0 saturated heterocycles. The Morgan fingerprint density at radius 3 is 2.35 bits per heavy atom. The maximum Gasteiger partial charge on any atom is 0.253 e. The monoisotopic (exact) mass is 372 g/mol. The van der Waals surface area contributed by atoms with E-state index in [-0.39, 0.29) is 16.8 Å². The van der Waals surface area contributed by atoms with Crippen LogP contribution in [0.25, 0.3) is 0 Å². The fraction of sp³-hybridized carbons (Fsp3) is 0.350. The predicted molar refractivity (Wildman–Crippen MR) is 102 cm³/mol. The van der Waals surface area contributed by atoms with E-state index in [2.05, 4.69) is 16.9 Å². The molecule has 0 radical (unpaired) electrons. The highest BCUT2D eigenvalue weighted by molar-refractivity contribution is 7.89. The predicted octanol–water partition coefficient (Wildman–Crippen LogP) is 2.83. The molecule has 0 unspecified atom stereocenters. The molecule has 0 bridgehead atoms. The van der Waals surface area contributed by atoms with Crippen LogP contribution in [0.4, 0.5) is 0 Å². The Bertz CT molecular complexity index is 844. The molecule has 1 aliphatic rings. The van der Waals surface area contributed by atoms with E-state index in [1.165, 1.54) is 17.7 Å². The lowest BCUT2D eigenvalue weighted by Gasteiger charge is -2.17. The first kappa shape index (κ1) is 18.6. The largest absolute Gasteiger partial charge is 0.342 e. The molecular formula is C20H24N2O3S. The summed E-state index contributed by atoms with van der Waals surface area (Å²) in [7, 11) is -1.71. The van der Waals surface area contributed by atoms with E-state index in [0.717, 1.165) is 25.7 Å². The molecule has 138 valence electrons. The van der Waals surface area contributed by atoms with Gasteiger partial charge in [0.05, 0.1) is 4.90 Å². The Kier molecular flexibility index (Phi) is 5.74. The molecule has 2 aromatic rings. The molecule has 0 heterocycles. The van der Waals surface area contributed by atoms with E-state index < -0.39 is 10.0 Å². The number of aryl methyl sites for hydroxylation is 1. The van der Waals surface area contributed by atoms with E-state index in [0.29, 0.717) is 12.1 Å². The highest BCUT2D eigenvalue weighted by Gasteiger charge is 2.28. The number of nitrogens with zero attached hydrogens (tertiary/aromatic N) is 1. The van der Waals surface area contributed by atoms with Gasteiger partial charge in [-0.3, -0.25) is 4.79 Å². The van der Waals surface area contributed by atoms with Gasteiger partial charge in [0.25, 0.3) is 5.91 Å². The molecule has 1 aliphatic carbocycles. The van der Waals surface area contributed by atoms with Crippen LogP contribution in [0.5, 0.6) is 0 Å². The van der Waals surface area contributed by atoms with Crippen molar-refractivity contribution in [1.82, 2.24) is 9.62 Å². The number of nitrogens with one attached hydrogen (secondary N) is 1. The molecule has 1 saturated carbocycles. The third kappa shape index (κ3) is 4.93. The number of carbonyl (C=O) groups is 1. The highest BCUT2D eigenvalue weighted by Crippen LogP contribution is 2.22. The Morgan fingerprint density at radius 2 is 1.73 bits per heavy atom. The first-order chi connectivity index (χ1) is 12.5. The van der Waals surface area contributed by atoms with E-state index >= 15 is 0 Å². The quantitative estimate of drug-likeness (QED) is 0.775. The van der Waals surface area contributed by atoms with Crippen molar-refractivity contribution in [2.45, 2.75) is 36.6 Å². The number of benzene rings is 2. The molecule has 5 nitrogen and oxygen atoms in total.